The van der Waals surface area contributed by atoms with Crippen LogP contribution in [0.4, 0.5) is 5.69 Å². The quantitative estimate of drug-likeness (QED) is 0.856. The molecule has 2 nitrogen and oxygen atoms in total. The van der Waals surface area contributed by atoms with Gasteiger partial charge in [0.05, 0.1) is 0 Å². The molecule has 1 unspecified atom stereocenters. The van der Waals surface area contributed by atoms with Crippen LogP contribution in [-0.4, -0.2) is 23.5 Å². The zero-order valence-corrected chi connectivity index (χ0v) is 9.94. The largest absolute Gasteiger partial charge is 0.396 e. The van der Waals surface area contributed by atoms with Gasteiger partial charge in [0.25, 0.3) is 0 Å². The number of thioether (sulfide) groups is 1. The molecule has 1 aliphatic heterocycles. The van der Waals surface area contributed by atoms with Gasteiger partial charge in [-0.2, -0.15) is 0 Å². The van der Waals surface area contributed by atoms with Crippen LogP contribution in [-0.2, 0) is 0 Å². The van der Waals surface area contributed by atoms with Crippen molar-refractivity contribution in [2.24, 2.45) is 0 Å². The van der Waals surface area contributed by atoms with E-state index in [1.807, 2.05) is 30.0 Å². The van der Waals surface area contributed by atoms with E-state index in [2.05, 4.69) is 5.32 Å². The van der Waals surface area contributed by atoms with Gasteiger partial charge in [-0.1, -0.05) is 11.6 Å². The van der Waals surface area contributed by atoms with Crippen molar-refractivity contribution < 1.29 is 5.11 Å². The number of hydrogen-bond acceptors (Lipinski definition) is 3. The molecule has 2 N–H and O–H groups in total. The molecule has 0 saturated carbocycles. The van der Waals surface area contributed by atoms with E-state index < -0.39 is 0 Å². The molecule has 0 amide bonds. The van der Waals surface area contributed by atoms with E-state index in [0.717, 1.165) is 23.6 Å². The summed E-state index contributed by atoms with van der Waals surface area (Å²) in [5, 5.41) is 13.0. The average molecular weight is 244 g/mol. The normalized spacial score (nSPS) is 19.5. The van der Waals surface area contributed by atoms with Crippen molar-refractivity contribution in [2.75, 3.05) is 17.7 Å². The summed E-state index contributed by atoms with van der Waals surface area (Å²) < 4.78 is 0. The Morgan fingerprint density at radius 1 is 1.53 bits per heavy atom. The summed E-state index contributed by atoms with van der Waals surface area (Å²) in [4.78, 5) is 1.22. The molecule has 1 aromatic rings. The molecule has 1 aromatic carbocycles. The van der Waals surface area contributed by atoms with E-state index in [1.54, 1.807) is 0 Å². The van der Waals surface area contributed by atoms with Gasteiger partial charge in [0.1, 0.15) is 0 Å². The summed E-state index contributed by atoms with van der Waals surface area (Å²) in [5.41, 5.74) is 1.17. The summed E-state index contributed by atoms with van der Waals surface area (Å²) in [6.45, 7) is 0.274. The van der Waals surface area contributed by atoms with Gasteiger partial charge in [0, 0.05) is 34.0 Å². The van der Waals surface area contributed by atoms with E-state index in [4.69, 9.17) is 16.7 Å². The van der Waals surface area contributed by atoms with Crippen LogP contribution in [0.2, 0.25) is 5.02 Å². The summed E-state index contributed by atoms with van der Waals surface area (Å²) in [6, 6.07) is 6.39. The van der Waals surface area contributed by atoms with E-state index in [1.165, 1.54) is 10.6 Å². The third-order valence-corrected chi connectivity index (χ3v) is 3.91. The van der Waals surface area contributed by atoms with E-state index in [-0.39, 0.29) is 6.61 Å². The molecule has 2 rings (SSSR count). The molecule has 0 aliphatic carbocycles. The van der Waals surface area contributed by atoms with E-state index in [9.17, 15) is 0 Å². The predicted octanol–water partition coefficient (Wildman–Crippen LogP) is 3.00. The van der Waals surface area contributed by atoms with Crippen LogP contribution in [0.25, 0.3) is 0 Å². The smallest absolute Gasteiger partial charge is 0.0481 e. The SMILES string of the molecule is OCCCC1CSc2cc(Cl)ccc2N1. The average Bonchev–Trinajstić information content (AvgIpc) is 2.26. The van der Waals surface area contributed by atoms with Gasteiger partial charge >= 0.3 is 0 Å². The minimum Gasteiger partial charge on any atom is -0.396 e. The highest BCUT2D eigenvalue weighted by molar-refractivity contribution is 7.99. The monoisotopic (exact) mass is 243 g/mol. The number of rotatable bonds is 3. The minimum absolute atomic E-state index is 0.274. The van der Waals surface area contributed by atoms with Crippen molar-refractivity contribution in [2.45, 2.75) is 23.8 Å². The lowest BCUT2D eigenvalue weighted by atomic mass is 10.1. The third-order valence-electron chi connectivity index (χ3n) is 2.45. The minimum atomic E-state index is 0.274. The number of aliphatic hydroxyl groups is 1. The first-order chi connectivity index (χ1) is 7.29. The van der Waals surface area contributed by atoms with Gasteiger partial charge in [-0.05, 0) is 31.0 Å². The Morgan fingerprint density at radius 3 is 3.20 bits per heavy atom. The Kier molecular flexibility index (Phi) is 3.78. The second-order valence-corrected chi connectivity index (χ2v) is 5.16. The molecule has 0 saturated heterocycles. The second-order valence-electron chi connectivity index (χ2n) is 3.66. The molecule has 0 fully saturated rings. The maximum Gasteiger partial charge on any atom is 0.0481 e. The van der Waals surface area contributed by atoms with Crippen LogP contribution < -0.4 is 5.32 Å². The highest BCUT2D eigenvalue weighted by Gasteiger charge is 2.17. The molecule has 0 aromatic heterocycles. The second kappa shape index (κ2) is 5.10. The summed E-state index contributed by atoms with van der Waals surface area (Å²) in [7, 11) is 0. The van der Waals surface area contributed by atoms with Crippen molar-refractivity contribution in [3.63, 3.8) is 0 Å². The predicted molar refractivity (Wildman–Crippen MR) is 65.9 cm³/mol. The van der Waals surface area contributed by atoms with Crippen molar-refractivity contribution in [3.05, 3.63) is 23.2 Å². The number of aliphatic hydroxyl groups excluding tert-OH is 1. The molecule has 1 aliphatic rings. The van der Waals surface area contributed by atoms with Crippen LogP contribution in [0, 0.1) is 0 Å². The topological polar surface area (TPSA) is 32.3 Å². The zero-order valence-electron chi connectivity index (χ0n) is 8.37. The van der Waals surface area contributed by atoms with E-state index >= 15 is 0 Å². The van der Waals surface area contributed by atoms with Crippen LogP contribution in [0.1, 0.15) is 12.8 Å². The number of nitrogens with one attached hydrogen (secondary N) is 1. The maximum absolute atomic E-state index is 8.78. The number of halogens is 1. The van der Waals surface area contributed by atoms with E-state index in [0.29, 0.717) is 6.04 Å². The van der Waals surface area contributed by atoms with Crippen molar-refractivity contribution in [1.82, 2.24) is 0 Å². The van der Waals surface area contributed by atoms with Gasteiger partial charge in [0.2, 0.25) is 0 Å². The summed E-state index contributed by atoms with van der Waals surface area (Å²) >= 11 is 7.76. The molecule has 15 heavy (non-hydrogen) atoms. The first kappa shape index (κ1) is 11.1. The molecule has 0 spiro atoms. The molecular formula is C11H14ClNOS. The lowest BCUT2D eigenvalue weighted by Crippen LogP contribution is -2.26. The molecule has 0 bridgehead atoms. The Bertz CT molecular complexity index is 345. The number of anilines is 1. The maximum atomic E-state index is 8.78. The summed E-state index contributed by atoms with van der Waals surface area (Å²) in [6.07, 6.45) is 1.88. The van der Waals surface area contributed by atoms with Gasteiger partial charge in [-0.25, -0.2) is 0 Å². The molecule has 4 heteroatoms. The van der Waals surface area contributed by atoms with Crippen molar-refractivity contribution >= 4 is 29.1 Å². The Balaban J connectivity index is 2.03. The van der Waals surface area contributed by atoms with Crippen molar-refractivity contribution in [1.29, 1.82) is 0 Å². The van der Waals surface area contributed by atoms with Crippen LogP contribution in [0.3, 0.4) is 0 Å². The van der Waals surface area contributed by atoms with Crippen LogP contribution in [0.15, 0.2) is 23.1 Å². The van der Waals surface area contributed by atoms with Gasteiger partial charge in [-0.3, -0.25) is 0 Å². The molecule has 1 atom stereocenters. The van der Waals surface area contributed by atoms with Gasteiger partial charge in [-0.15, -0.1) is 11.8 Å². The Labute approximate surface area is 99.0 Å². The fourth-order valence-corrected chi connectivity index (χ4v) is 3.04. The molecule has 82 valence electrons. The number of hydrogen-bond donors (Lipinski definition) is 2. The Hall–Kier alpha value is -0.380. The molecule has 1 heterocycles. The number of benzene rings is 1. The lowest BCUT2D eigenvalue weighted by molar-refractivity contribution is 0.282. The van der Waals surface area contributed by atoms with Gasteiger partial charge in [0.15, 0.2) is 0 Å². The standard InChI is InChI=1S/C11H14ClNOS/c12-8-3-4-10-11(6-8)15-7-9(13-10)2-1-5-14/h3-4,6,9,13-14H,1-2,5,7H2. The highest BCUT2D eigenvalue weighted by atomic mass is 35.5. The third kappa shape index (κ3) is 2.80. The fourth-order valence-electron chi connectivity index (χ4n) is 1.68. The zero-order chi connectivity index (χ0) is 10.7. The lowest BCUT2D eigenvalue weighted by Gasteiger charge is -2.26. The van der Waals surface area contributed by atoms with Crippen LogP contribution >= 0.6 is 23.4 Å². The van der Waals surface area contributed by atoms with Gasteiger partial charge < -0.3 is 10.4 Å². The first-order valence-electron chi connectivity index (χ1n) is 5.09. The number of fused-ring (bicyclic) bond motifs is 1. The Morgan fingerprint density at radius 2 is 2.40 bits per heavy atom. The summed E-state index contributed by atoms with van der Waals surface area (Å²) in [5.74, 6) is 1.05. The van der Waals surface area contributed by atoms with Crippen molar-refractivity contribution in [3.8, 4) is 0 Å². The highest BCUT2D eigenvalue weighted by Crippen LogP contribution is 2.35. The molecular weight excluding hydrogens is 230 g/mol. The first-order valence-corrected chi connectivity index (χ1v) is 6.45. The molecule has 0 radical (unpaired) electrons. The fraction of sp³-hybridized carbons (Fsp3) is 0.455. The van der Waals surface area contributed by atoms with Crippen LogP contribution in [0.5, 0.6) is 0 Å².